The van der Waals surface area contributed by atoms with Crippen LogP contribution in [0, 0.1) is 0 Å². The second-order valence-electron chi connectivity index (χ2n) is 9.42. The lowest BCUT2D eigenvalue weighted by molar-refractivity contribution is 0.0794. The number of amides is 1. The van der Waals surface area contributed by atoms with Crippen LogP contribution >= 0.6 is 0 Å². The molecule has 0 spiro atoms. The van der Waals surface area contributed by atoms with Gasteiger partial charge in [-0.1, -0.05) is 25.5 Å². The van der Waals surface area contributed by atoms with Crippen LogP contribution in [0.1, 0.15) is 66.4 Å². The molecule has 34 heavy (non-hydrogen) atoms. The molecule has 0 N–H and O–H groups in total. The molecule has 2 aromatic heterocycles. The minimum absolute atomic E-state index is 0.0514. The highest BCUT2D eigenvalue weighted by atomic mass is 32.2. The number of rotatable bonds is 6. The number of hydrogen-bond acceptors (Lipinski definition) is 4. The highest BCUT2D eigenvalue weighted by Crippen LogP contribution is 2.32. The number of nitrogens with zero attached hydrogens (tertiary/aromatic N) is 4. The third kappa shape index (κ3) is 4.36. The Labute approximate surface area is 201 Å². The number of carbonyl (C=O) groups excluding carboxylic acids is 1. The van der Waals surface area contributed by atoms with E-state index in [1.54, 1.807) is 27.2 Å². The van der Waals surface area contributed by atoms with E-state index < -0.39 is 10.0 Å². The molecule has 0 radical (unpaired) electrons. The summed E-state index contributed by atoms with van der Waals surface area (Å²) in [5.41, 5.74) is 3.79. The summed E-state index contributed by atoms with van der Waals surface area (Å²) >= 11 is 0. The third-order valence-electron chi connectivity index (χ3n) is 7.19. The summed E-state index contributed by atoms with van der Waals surface area (Å²) in [6, 6.07) is 11.4. The van der Waals surface area contributed by atoms with Gasteiger partial charge in [-0.15, -0.1) is 0 Å². The van der Waals surface area contributed by atoms with Gasteiger partial charge in [0.25, 0.3) is 5.91 Å². The van der Waals surface area contributed by atoms with E-state index in [1.165, 1.54) is 0 Å². The highest BCUT2D eigenvalue weighted by Gasteiger charge is 2.30. The van der Waals surface area contributed by atoms with E-state index in [9.17, 15) is 13.2 Å². The third-order valence-corrected chi connectivity index (χ3v) is 9.11. The van der Waals surface area contributed by atoms with Crippen molar-refractivity contribution in [2.45, 2.75) is 56.3 Å². The normalized spacial score (nSPS) is 18.1. The van der Waals surface area contributed by atoms with E-state index in [1.807, 2.05) is 29.3 Å². The number of likely N-dealkylation sites (tertiary alicyclic amines) is 1. The van der Waals surface area contributed by atoms with E-state index in [2.05, 4.69) is 18.1 Å². The van der Waals surface area contributed by atoms with Crippen molar-refractivity contribution in [1.82, 2.24) is 18.8 Å². The molecule has 3 aromatic rings. The first kappa shape index (κ1) is 23.1. The molecule has 2 aliphatic heterocycles. The molecule has 0 aliphatic carbocycles. The maximum Gasteiger partial charge on any atom is 0.257 e. The Balaban J connectivity index is 1.30. The summed E-state index contributed by atoms with van der Waals surface area (Å²) in [6.07, 6.45) is 9.20. The van der Waals surface area contributed by atoms with Crippen LogP contribution in [-0.4, -0.2) is 59.3 Å². The highest BCUT2D eigenvalue weighted by molar-refractivity contribution is 7.89. The quantitative estimate of drug-likeness (QED) is 0.533. The average molecular weight is 481 g/mol. The van der Waals surface area contributed by atoms with Crippen molar-refractivity contribution in [2.75, 3.05) is 26.2 Å². The number of hydrogen-bond donors (Lipinski definition) is 0. The molecule has 0 bridgehead atoms. The molecule has 0 unspecified atom stereocenters. The number of fused-ring (bicyclic) bond motifs is 1. The number of benzene rings is 1. The van der Waals surface area contributed by atoms with Crippen molar-refractivity contribution >= 4 is 21.4 Å². The van der Waals surface area contributed by atoms with Crippen LogP contribution in [0.3, 0.4) is 0 Å². The van der Waals surface area contributed by atoms with Gasteiger partial charge in [0.1, 0.15) is 0 Å². The standard InChI is InChI=1S/C26H32N4O3S/c1-2-5-20-6-8-23(9-7-20)34(32,33)29-15-10-21(11-16-29)22-12-17-30-25(18-22)24(19-27-30)26(31)28-13-3-4-14-28/h6-9,12,17-19,21H,2-5,10-11,13-16H2,1H3. The number of carbonyl (C=O) groups is 1. The van der Waals surface area contributed by atoms with E-state index in [0.29, 0.717) is 23.5 Å². The molecule has 5 rings (SSSR count). The zero-order chi connectivity index (χ0) is 23.7. The van der Waals surface area contributed by atoms with Crippen LogP contribution in [0.4, 0.5) is 0 Å². The van der Waals surface area contributed by atoms with Crippen molar-refractivity contribution in [2.24, 2.45) is 0 Å². The summed E-state index contributed by atoms with van der Waals surface area (Å²) in [4.78, 5) is 15.2. The first-order valence-electron chi connectivity index (χ1n) is 12.3. The van der Waals surface area contributed by atoms with Crippen LogP contribution in [0.2, 0.25) is 0 Å². The fourth-order valence-electron chi connectivity index (χ4n) is 5.20. The Morgan fingerprint density at radius 1 is 1.03 bits per heavy atom. The lowest BCUT2D eigenvalue weighted by Gasteiger charge is -2.31. The molecule has 7 nitrogen and oxygen atoms in total. The summed E-state index contributed by atoms with van der Waals surface area (Å²) in [6.45, 7) is 4.72. The SMILES string of the molecule is CCCc1ccc(S(=O)(=O)N2CCC(c3ccn4ncc(C(=O)N5CCCC5)c4c3)CC2)cc1. The maximum atomic E-state index is 13.2. The molecule has 2 fully saturated rings. The fraction of sp³-hybridized carbons (Fsp3) is 0.462. The van der Waals surface area contributed by atoms with Crippen LogP contribution in [0.5, 0.6) is 0 Å². The fourth-order valence-corrected chi connectivity index (χ4v) is 6.67. The Morgan fingerprint density at radius 2 is 1.74 bits per heavy atom. The molecule has 4 heterocycles. The second-order valence-corrected chi connectivity index (χ2v) is 11.4. The van der Waals surface area contributed by atoms with E-state index in [-0.39, 0.29) is 11.8 Å². The summed E-state index contributed by atoms with van der Waals surface area (Å²) in [7, 11) is -3.48. The lowest BCUT2D eigenvalue weighted by Crippen LogP contribution is -2.37. The Bertz CT molecular complexity index is 1270. The number of sulfonamides is 1. The first-order chi connectivity index (χ1) is 16.5. The molecule has 8 heteroatoms. The van der Waals surface area contributed by atoms with Gasteiger partial charge in [-0.2, -0.15) is 9.40 Å². The minimum atomic E-state index is -3.48. The van der Waals surface area contributed by atoms with Gasteiger partial charge >= 0.3 is 0 Å². The molecule has 180 valence electrons. The summed E-state index contributed by atoms with van der Waals surface area (Å²) in [5.74, 6) is 0.309. The van der Waals surface area contributed by atoms with Gasteiger partial charge in [0.05, 0.1) is 22.2 Å². The van der Waals surface area contributed by atoms with Gasteiger partial charge in [0, 0.05) is 32.4 Å². The molecule has 1 aromatic carbocycles. The molecule has 2 saturated heterocycles. The Morgan fingerprint density at radius 3 is 2.41 bits per heavy atom. The van der Waals surface area contributed by atoms with Crippen molar-refractivity contribution in [3.8, 4) is 0 Å². The number of pyridine rings is 1. The van der Waals surface area contributed by atoms with Crippen molar-refractivity contribution in [1.29, 1.82) is 0 Å². The summed E-state index contributed by atoms with van der Waals surface area (Å²) in [5, 5.41) is 4.37. The van der Waals surface area contributed by atoms with Gasteiger partial charge in [-0.05, 0) is 73.4 Å². The Kier molecular flexibility index (Phi) is 6.44. The second kappa shape index (κ2) is 9.50. The number of aromatic nitrogens is 2. The van der Waals surface area contributed by atoms with E-state index in [0.717, 1.165) is 68.3 Å². The van der Waals surface area contributed by atoms with E-state index >= 15 is 0 Å². The monoisotopic (exact) mass is 480 g/mol. The first-order valence-corrected chi connectivity index (χ1v) is 13.8. The van der Waals surface area contributed by atoms with Crippen molar-refractivity contribution < 1.29 is 13.2 Å². The molecular weight excluding hydrogens is 448 g/mol. The van der Waals surface area contributed by atoms with Crippen LogP contribution in [0.15, 0.2) is 53.7 Å². The van der Waals surface area contributed by atoms with Crippen molar-refractivity contribution in [3.63, 3.8) is 0 Å². The van der Waals surface area contributed by atoms with Gasteiger partial charge < -0.3 is 4.90 Å². The van der Waals surface area contributed by atoms with Gasteiger partial charge in [0.15, 0.2) is 0 Å². The molecule has 0 saturated carbocycles. The maximum absolute atomic E-state index is 13.2. The number of aryl methyl sites for hydroxylation is 1. The molecule has 1 amide bonds. The van der Waals surface area contributed by atoms with Crippen LogP contribution < -0.4 is 0 Å². The molecular formula is C26H32N4O3S. The smallest absolute Gasteiger partial charge is 0.257 e. The topological polar surface area (TPSA) is 75.0 Å². The number of piperidine rings is 1. The van der Waals surface area contributed by atoms with Gasteiger partial charge in [0.2, 0.25) is 10.0 Å². The molecule has 2 aliphatic rings. The van der Waals surface area contributed by atoms with Gasteiger partial charge in [-0.3, -0.25) is 4.79 Å². The summed E-state index contributed by atoms with van der Waals surface area (Å²) < 4.78 is 29.7. The zero-order valence-corrected chi connectivity index (χ0v) is 20.5. The van der Waals surface area contributed by atoms with Crippen LogP contribution in [0.25, 0.3) is 5.52 Å². The van der Waals surface area contributed by atoms with Crippen LogP contribution in [-0.2, 0) is 16.4 Å². The van der Waals surface area contributed by atoms with E-state index in [4.69, 9.17) is 0 Å². The average Bonchev–Trinajstić information content (AvgIpc) is 3.54. The largest absolute Gasteiger partial charge is 0.339 e. The predicted molar refractivity (Wildman–Crippen MR) is 132 cm³/mol. The van der Waals surface area contributed by atoms with Crippen molar-refractivity contribution in [3.05, 3.63) is 65.5 Å². The predicted octanol–water partition coefficient (Wildman–Crippen LogP) is 4.09. The lowest BCUT2D eigenvalue weighted by atomic mass is 9.90. The molecule has 0 atom stereocenters. The zero-order valence-electron chi connectivity index (χ0n) is 19.7. The van der Waals surface area contributed by atoms with Gasteiger partial charge in [-0.25, -0.2) is 12.9 Å². The minimum Gasteiger partial charge on any atom is -0.339 e. The Hall–Kier alpha value is -2.71.